The van der Waals surface area contributed by atoms with E-state index < -0.39 is 0 Å². The van der Waals surface area contributed by atoms with Crippen molar-refractivity contribution >= 4 is 11.5 Å². The summed E-state index contributed by atoms with van der Waals surface area (Å²) in [5, 5.41) is 0. The zero-order valence-corrected chi connectivity index (χ0v) is 8.11. The van der Waals surface area contributed by atoms with Gasteiger partial charge in [0.05, 0.1) is 0 Å². The molecule has 0 amide bonds. The quantitative estimate of drug-likeness (QED) is 0.681. The molecule has 0 aliphatic heterocycles. The molecule has 1 rings (SSSR count). The van der Waals surface area contributed by atoms with Crippen LogP contribution >= 0.6 is 11.5 Å². The average molecular weight is 170 g/mol. The molecule has 1 heterocycles. The van der Waals surface area contributed by atoms with E-state index in [0.29, 0.717) is 5.41 Å². The Morgan fingerprint density at radius 1 is 1.45 bits per heavy atom. The number of aryl methyl sites for hydroxylation is 1. The molecule has 0 N–H and O–H groups in total. The zero-order valence-electron chi connectivity index (χ0n) is 7.29. The van der Waals surface area contributed by atoms with E-state index in [0.717, 1.165) is 18.7 Å². The molecule has 0 saturated heterocycles. The van der Waals surface area contributed by atoms with Crippen LogP contribution in [-0.2, 0) is 6.42 Å². The maximum absolute atomic E-state index is 4.15. The van der Waals surface area contributed by atoms with Crippen LogP contribution in [0.1, 0.15) is 33.0 Å². The molecular formula is C8H14N2S. The summed E-state index contributed by atoms with van der Waals surface area (Å²) < 4.78 is 4.15. The molecule has 1 aromatic heterocycles. The third-order valence-electron chi connectivity index (χ3n) is 1.51. The maximum Gasteiger partial charge on any atom is 0.142 e. The van der Waals surface area contributed by atoms with Gasteiger partial charge in [0, 0.05) is 6.42 Å². The summed E-state index contributed by atoms with van der Waals surface area (Å²) in [6.07, 6.45) is 2.16. The summed E-state index contributed by atoms with van der Waals surface area (Å²) in [5.74, 6) is 0.991. The topological polar surface area (TPSA) is 25.8 Å². The summed E-state index contributed by atoms with van der Waals surface area (Å²) in [7, 11) is 0. The van der Waals surface area contributed by atoms with Crippen molar-refractivity contribution in [2.75, 3.05) is 0 Å². The zero-order chi connectivity index (χ0) is 8.32. The molecule has 0 bridgehead atoms. The molecule has 0 saturated carbocycles. The minimum Gasteiger partial charge on any atom is -0.228 e. The lowest BCUT2D eigenvalue weighted by Gasteiger charge is -2.16. The highest BCUT2D eigenvalue weighted by molar-refractivity contribution is 7.03. The highest BCUT2D eigenvalue weighted by Gasteiger charge is 2.10. The average Bonchev–Trinajstić information content (AvgIpc) is 2.32. The van der Waals surface area contributed by atoms with Crippen LogP contribution in [0.15, 0.2) is 5.51 Å². The summed E-state index contributed by atoms with van der Waals surface area (Å²) in [6, 6.07) is 0. The lowest BCUT2D eigenvalue weighted by molar-refractivity contribution is 0.375. The van der Waals surface area contributed by atoms with E-state index in [1.165, 1.54) is 11.5 Å². The van der Waals surface area contributed by atoms with E-state index in [2.05, 4.69) is 30.1 Å². The van der Waals surface area contributed by atoms with Gasteiger partial charge in [0.15, 0.2) is 0 Å². The van der Waals surface area contributed by atoms with Crippen molar-refractivity contribution in [3.05, 3.63) is 11.3 Å². The summed E-state index contributed by atoms with van der Waals surface area (Å²) in [6.45, 7) is 6.71. The van der Waals surface area contributed by atoms with Crippen molar-refractivity contribution in [1.29, 1.82) is 0 Å². The van der Waals surface area contributed by atoms with Gasteiger partial charge in [0.25, 0.3) is 0 Å². The van der Waals surface area contributed by atoms with Gasteiger partial charge in [-0.3, -0.25) is 0 Å². The highest BCUT2D eigenvalue weighted by atomic mass is 32.1. The Bertz CT molecular complexity index is 198. The van der Waals surface area contributed by atoms with Crippen molar-refractivity contribution in [1.82, 2.24) is 9.36 Å². The van der Waals surface area contributed by atoms with Crippen LogP contribution in [-0.4, -0.2) is 9.36 Å². The van der Waals surface area contributed by atoms with Crippen molar-refractivity contribution in [2.45, 2.75) is 33.6 Å². The monoisotopic (exact) mass is 170 g/mol. The second-order valence-corrected chi connectivity index (χ2v) is 4.51. The molecule has 0 aliphatic carbocycles. The lowest BCUT2D eigenvalue weighted by atomic mass is 9.90. The van der Waals surface area contributed by atoms with Crippen molar-refractivity contribution in [3.8, 4) is 0 Å². The Labute approximate surface area is 71.8 Å². The molecule has 1 aromatic rings. The first-order valence-corrected chi connectivity index (χ1v) is 4.67. The SMILES string of the molecule is CC(C)(C)CCc1ncsn1. The first-order chi connectivity index (χ1) is 5.08. The predicted octanol–water partition coefficient (Wildman–Crippen LogP) is 2.52. The number of nitrogens with zero attached hydrogens (tertiary/aromatic N) is 2. The second kappa shape index (κ2) is 3.30. The molecule has 62 valence electrons. The molecule has 0 unspecified atom stereocenters. The molecule has 0 atom stereocenters. The molecule has 2 nitrogen and oxygen atoms in total. The Morgan fingerprint density at radius 2 is 2.18 bits per heavy atom. The van der Waals surface area contributed by atoms with Crippen molar-refractivity contribution in [2.24, 2.45) is 5.41 Å². The van der Waals surface area contributed by atoms with Crippen molar-refractivity contribution in [3.63, 3.8) is 0 Å². The third-order valence-corrected chi connectivity index (χ3v) is 2.02. The smallest absolute Gasteiger partial charge is 0.142 e. The molecule has 0 aliphatic rings. The van der Waals surface area contributed by atoms with Gasteiger partial charge in [0.2, 0.25) is 0 Å². The number of rotatable bonds is 2. The number of hydrogen-bond donors (Lipinski definition) is 0. The van der Waals surface area contributed by atoms with Crippen molar-refractivity contribution < 1.29 is 0 Å². The normalized spacial score (nSPS) is 11.9. The van der Waals surface area contributed by atoms with Crippen LogP contribution in [0.25, 0.3) is 0 Å². The van der Waals surface area contributed by atoms with Gasteiger partial charge in [-0.25, -0.2) is 4.98 Å². The van der Waals surface area contributed by atoms with Crippen LogP contribution in [0.5, 0.6) is 0 Å². The molecular weight excluding hydrogens is 156 g/mol. The van der Waals surface area contributed by atoms with E-state index in [9.17, 15) is 0 Å². The Morgan fingerprint density at radius 3 is 2.64 bits per heavy atom. The van der Waals surface area contributed by atoms with Gasteiger partial charge < -0.3 is 0 Å². The predicted molar refractivity (Wildman–Crippen MR) is 47.7 cm³/mol. The van der Waals surface area contributed by atoms with Gasteiger partial charge in [-0.1, -0.05) is 20.8 Å². The number of aromatic nitrogens is 2. The number of hydrogen-bond acceptors (Lipinski definition) is 3. The third kappa shape index (κ3) is 3.46. The molecule has 0 aromatic carbocycles. The maximum atomic E-state index is 4.15. The second-order valence-electron chi connectivity index (χ2n) is 3.91. The van der Waals surface area contributed by atoms with Gasteiger partial charge in [-0.15, -0.1) is 0 Å². The van der Waals surface area contributed by atoms with E-state index in [1.54, 1.807) is 5.51 Å². The van der Waals surface area contributed by atoms with Gasteiger partial charge in [-0.2, -0.15) is 4.37 Å². The van der Waals surface area contributed by atoms with Crippen LogP contribution in [0, 0.1) is 5.41 Å². The molecule has 11 heavy (non-hydrogen) atoms. The fraction of sp³-hybridized carbons (Fsp3) is 0.750. The standard InChI is InChI=1S/C8H14N2S/c1-8(2,3)5-4-7-9-6-11-10-7/h6H,4-5H2,1-3H3. The minimum absolute atomic E-state index is 0.394. The molecule has 0 spiro atoms. The first-order valence-electron chi connectivity index (χ1n) is 3.83. The Balaban J connectivity index is 2.35. The van der Waals surface area contributed by atoms with Gasteiger partial charge in [-0.05, 0) is 23.4 Å². The van der Waals surface area contributed by atoms with Crippen LogP contribution in [0.2, 0.25) is 0 Å². The van der Waals surface area contributed by atoms with Crippen LogP contribution in [0.3, 0.4) is 0 Å². The summed E-state index contributed by atoms with van der Waals surface area (Å²) in [5.41, 5.74) is 2.18. The molecule has 0 fully saturated rings. The molecule has 3 heteroatoms. The minimum atomic E-state index is 0.394. The first kappa shape index (κ1) is 8.65. The highest BCUT2D eigenvalue weighted by Crippen LogP contribution is 2.20. The van der Waals surface area contributed by atoms with E-state index in [1.807, 2.05) is 0 Å². The van der Waals surface area contributed by atoms with Crippen LogP contribution < -0.4 is 0 Å². The largest absolute Gasteiger partial charge is 0.228 e. The summed E-state index contributed by atoms with van der Waals surface area (Å²) >= 11 is 1.43. The Kier molecular flexibility index (Phi) is 2.60. The molecule has 0 radical (unpaired) electrons. The van der Waals surface area contributed by atoms with Gasteiger partial charge >= 0.3 is 0 Å². The lowest BCUT2D eigenvalue weighted by Crippen LogP contribution is -2.06. The Hall–Kier alpha value is -0.440. The van der Waals surface area contributed by atoms with Crippen LogP contribution in [0.4, 0.5) is 0 Å². The summed E-state index contributed by atoms with van der Waals surface area (Å²) in [4.78, 5) is 4.13. The van der Waals surface area contributed by atoms with E-state index >= 15 is 0 Å². The van der Waals surface area contributed by atoms with E-state index in [4.69, 9.17) is 0 Å². The van der Waals surface area contributed by atoms with Gasteiger partial charge in [0.1, 0.15) is 11.3 Å². The fourth-order valence-corrected chi connectivity index (χ4v) is 1.27. The fourth-order valence-electron chi connectivity index (χ4n) is 0.789. The van der Waals surface area contributed by atoms with E-state index in [-0.39, 0.29) is 0 Å².